The van der Waals surface area contributed by atoms with Gasteiger partial charge >= 0.3 is 0 Å². The Hall–Kier alpha value is -2.44. The van der Waals surface area contributed by atoms with Gasteiger partial charge in [-0.25, -0.2) is 8.42 Å². The number of carbonyl (C=O) groups is 2. The van der Waals surface area contributed by atoms with Gasteiger partial charge in [0, 0.05) is 31.8 Å². The van der Waals surface area contributed by atoms with Crippen molar-refractivity contribution in [2.24, 2.45) is 5.92 Å². The molecule has 0 aromatic heterocycles. The molecule has 0 aliphatic carbocycles. The number of amides is 2. The average molecular weight is 391 g/mol. The van der Waals surface area contributed by atoms with E-state index in [0.29, 0.717) is 19.3 Å². The maximum Gasteiger partial charge on any atom is 0.246 e. The van der Waals surface area contributed by atoms with Crippen molar-refractivity contribution in [1.29, 1.82) is 5.26 Å². The van der Waals surface area contributed by atoms with Crippen LogP contribution in [0.25, 0.3) is 0 Å². The van der Waals surface area contributed by atoms with Gasteiger partial charge < -0.3 is 4.74 Å². The highest BCUT2D eigenvalue weighted by molar-refractivity contribution is 7.89. The third-order valence-corrected chi connectivity index (χ3v) is 6.86. The van der Waals surface area contributed by atoms with Gasteiger partial charge in [-0.1, -0.05) is 0 Å². The molecule has 0 bridgehead atoms. The van der Waals surface area contributed by atoms with Gasteiger partial charge in [-0.2, -0.15) is 9.57 Å². The molecule has 2 fully saturated rings. The highest BCUT2D eigenvalue weighted by Crippen LogP contribution is 2.34. The molecule has 8 nitrogen and oxygen atoms in total. The largest absolute Gasteiger partial charge is 0.495 e. The number of nitriles is 1. The predicted octanol–water partition coefficient (Wildman–Crippen LogP) is 1.66. The van der Waals surface area contributed by atoms with Gasteiger partial charge in [0.1, 0.15) is 10.6 Å². The van der Waals surface area contributed by atoms with Crippen LogP contribution in [0.15, 0.2) is 23.1 Å². The summed E-state index contributed by atoms with van der Waals surface area (Å²) in [6.07, 6.45) is 1.95. The van der Waals surface area contributed by atoms with Crippen LogP contribution >= 0.6 is 0 Å². The number of methoxy groups -OCH3 is 1. The standard InChI is InChI=1S/C18H21N3O5S/c1-26-15-6-5-14(21-17(22)3-2-4-18(21)23)11-16(15)27(24,25)20-9-7-13(12-19)8-10-20/h5-6,11,13H,2-4,7-10H2,1H3. The normalized spacial score (nSPS) is 19.8. The van der Waals surface area contributed by atoms with Gasteiger partial charge in [-0.3, -0.25) is 14.5 Å². The van der Waals surface area contributed by atoms with E-state index in [1.165, 1.54) is 29.6 Å². The van der Waals surface area contributed by atoms with Crippen molar-refractivity contribution in [3.05, 3.63) is 18.2 Å². The zero-order valence-corrected chi connectivity index (χ0v) is 15.9. The molecular formula is C18H21N3O5S. The van der Waals surface area contributed by atoms with E-state index >= 15 is 0 Å². The first kappa shape index (κ1) is 19.3. The number of carbonyl (C=O) groups excluding carboxylic acids is 2. The van der Waals surface area contributed by atoms with Gasteiger partial charge in [-0.05, 0) is 37.5 Å². The van der Waals surface area contributed by atoms with Gasteiger partial charge in [0.15, 0.2) is 0 Å². The van der Waals surface area contributed by atoms with E-state index in [4.69, 9.17) is 10.00 Å². The summed E-state index contributed by atoms with van der Waals surface area (Å²) in [5.74, 6) is -0.671. The zero-order valence-electron chi connectivity index (χ0n) is 15.1. The summed E-state index contributed by atoms with van der Waals surface area (Å²) >= 11 is 0. The molecule has 0 saturated carbocycles. The number of rotatable bonds is 4. The van der Waals surface area contributed by atoms with Crippen molar-refractivity contribution in [2.45, 2.75) is 37.0 Å². The average Bonchev–Trinajstić information content (AvgIpc) is 2.67. The van der Waals surface area contributed by atoms with Crippen LogP contribution in [-0.2, 0) is 19.6 Å². The van der Waals surface area contributed by atoms with Crippen LogP contribution in [0.4, 0.5) is 5.69 Å². The molecule has 2 amide bonds. The molecule has 0 N–H and O–H groups in total. The minimum Gasteiger partial charge on any atom is -0.495 e. The molecule has 0 atom stereocenters. The Kier molecular flexibility index (Phi) is 5.48. The number of benzene rings is 1. The van der Waals surface area contributed by atoms with Crippen LogP contribution in [0.3, 0.4) is 0 Å². The van der Waals surface area contributed by atoms with E-state index in [0.717, 1.165) is 4.90 Å². The van der Waals surface area contributed by atoms with Crippen LogP contribution in [0.1, 0.15) is 32.1 Å². The SMILES string of the molecule is COc1ccc(N2C(=O)CCCC2=O)cc1S(=O)(=O)N1CCC(C#N)CC1. The van der Waals surface area contributed by atoms with Crippen molar-refractivity contribution in [1.82, 2.24) is 4.31 Å². The minimum absolute atomic E-state index is 0.0796. The lowest BCUT2D eigenvalue weighted by Crippen LogP contribution is -2.40. The Bertz CT molecular complexity index is 882. The van der Waals surface area contributed by atoms with E-state index in [9.17, 15) is 18.0 Å². The Morgan fingerprint density at radius 3 is 2.33 bits per heavy atom. The summed E-state index contributed by atoms with van der Waals surface area (Å²) < 4.78 is 32.8. The number of piperidine rings is 2. The van der Waals surface area contributed by atoms with Crippen LogP contribution < -0.4 is 9.64 Å². The number of hydrogen-bond acceptors (Lipinski definition) is 6. The molecule has 144 valence electrons. The van der Waals surface area contributed by atoms with Crippen molar-refractivity contribution in [2.75, 3.05) is 25.1 Å². The Balaban J connectivity index is 1.98. The Morgan fingerprint density at radius 1 is 1.15 bits per heavy atom. The summed E-state index contributed by atoms with van der Waals surface area (Å²) in [6.45, 7) is 0.491. The summed E-state index contributed by atoms with van der Waals surface area (Å²) in [6, 6.07) is 6.47. The first-order valence-electron chi connectivity index (χ1n) is 8.82. The fourth-order valence-electron chi connectivity index (χ4n) is 3.41. The summed E-state index contributed by atoms with van der Waals surface area (Å²) in [4.78, 5) is 25.3. The van der Waals surface area contributed by atoms with Crippen molar-refractivity contribution >= 4 is 27.5 Å². The lowest BCUT2D eigenvalue weighted by atomic mass is 10.0. The van der Waals surface area contributed by atoms with Crippen molar-refractivity contribution in [3.8, 4) is 11.8 Å². The molecule has 2 saturated heterocycles. The minimum atomic E-state index is -3.88. The van der Waals surface area contributed by atoms with Gasteiger partial charge in [0.2, 0.25) is 21.8 Å². The predicted molar refractivity (Wildman–Crippen MR) is 96.4 cm³/mol. The molecule has 3 rings (SSSR count). The molecule has 2 aliphatic heterocycles. The van der Waals surface area contributed by atoms with Crippen molar-refractivity contribution in [3.63, 3.8) is 0 Å². The molecule has 0 radical (unpaired) electrons. The topological polar surface area (TPSA) is 108 Å². The molecule has 9 heteroatoms. The lowest BCUT2D eigenvalue weighted by Gasteiger charge is -2.30. The summed E-state index contributed by atoms with van der Waals surface area (Å²) in [5.41, 5.74) is 0.232. The van der Waals surface area contributed by atoms with Crippen LogP contribution in [0, 0.1) is 17.2 Å². The van der Waals surface area contributed by atoms with Gasteiger partial charge in [-0.15, -0.1) is 0 Å². The van der Waals surface area contributed by atoms with Crippen LogP contribution in [0.5, 0.6) is 5.75 Å². The fraction of sp³-hybridized carbons (Fsp3) is 0.500. The number of imide groups is 1. The lowest BCUT2D eigenvalue weighted by molar-refractivity contribution is -0.129. The molecule has 0 spiro atoms. The fourth-order valence-corrected chi connectivity index (χ4v) is 5.06. The molecule has 1 aromatic carbocycles. The molecule has 1 aromatic rings. The number of hydrogen-bond donors (Lipinski definition) is 0. The molecular weight excluding hydrogens is 370 g/mol. The van der Waals surface area contributed by atoms with Gasteiger partial charge in [0.05, 0.1) is 18.9 Å². The number of anilines is 1. The van der Waals surface area contributed by atoms with E-state index in [-0.39, 0.29) is 60.0 Å². The molecule has 27 heavy (non-hydrogen) atoms. The third kappa shape index (κ3) is 3.68. The maximum absolute atomic E-state index is 13.1. The third-order valence-electron chi connectivity index (χ3n) is 4.94. The van der Waals surface area contributed by atoms with E-state index in [1.807, 2.05) is 0 Å². The Morgan fingerprint density at radius 2 is 1.78 bits per heavy atom. The number of sulfonamides is 1. The summed E-state index contributed by atoms with van der Waals surface area (Å²) in [7, 11) is -2.51. The molecule has 0 unspecified atom stereocenters. The van der Waals surface area contributed by atoms with E-state index < -0.39 is 10.0 Å². The highest BCUT2D eigenvalue weighted by atomic mass is 32.2. The Labute approximate surface area is 158 Å². The van der Waals surface area contributed by atoms with Gasteiger partial charge in [0.25, 0.3) is 0 Å². The maximum atomic E-state index is 13.1. The molecule has 2 heterocycles. The van der Waals surface area contributed by atoms with Crippen LogP contribution in [0.2, 0.25) is 0 Å². The first-order valence-corrected chi connectivity index (χ1v) is 10.3. The van der Waals surface area contributed by atoms with Crippen molar-refractivity contribution < 1.29 is 22.7 Å². The smallest absolute Gasteiger partial charge is 0.246 e. The number of nitrogens with zero attached hydrogens (tertiary/aromatic N) is 3. The summed E-state index contributed by atoms with van der Waals surface area (Å²) in [5, 5.41) is 9.00. The second-order valence-corrected chi connectivity index (χ2v) is 8.53. The van der Waals surface area contributed by atoms with E-state index in [1.54, 1.807) is 0 Å². The second-order valence-electron chi connectivity index (χ2n) is 6.62. The molecule has 2 aliphatic rings. The quantitative estimate of drug-likeness (QED) is 0.723. The first-order chi connectivity index (χ1) is 12.9. The van der Waals surface area contributed by atoms with Crippen LogP contribution in [-0.4, -0.2) is 44.7 Å². The highest BCUT2D eigenvalue weighted by Gasteiger charge is 2.34. The second kappa shape index (κ2) is 7.66. The van der Waals surface area contributed by atoms with E-state index in [2.05, 4.69) is 6.07 Å². The monoisotopic (exact) mass is 391 g/mol. The number of ether oxygens (including phenoxy) is 1. The zero-order chi connectivity index (χ0) is 19.6.